The maximum Gasteiger partial charge on any atom is 0.332 e. The third kappa shape index (κ3) is 10.3. The van der Waals surface area contributed by atoms with Crippen molar-refractivity contribution in [2.45, 2.75) is 134 Å². The maximum atomic E-state index is 14.7. The fraction of sp³-hybridized carbons (Fsp3) is 0.763. The summed E-state index contributed by atoms with van der Waals surface area (Å²) in [6.45, 7) is 4.90. The highest BCUT2D eigenvalue weighted by molar-refractivity contribution is 5.90. The van der Waals surface area contributed by atoms with Gasteiger partial charge in [0, 0.05) is 31.7 Å². The summed E-state index contributed by atoms with van der Waals surface area (Å²) in [6.07, 6.45) is 5.78. The third-order valence-corrected chi connectivity index (χ3v) is 11.4. The van der Waals surface area contributed by atoms with Crippen LogP contribution in [0.3, 0.4) is 0 Å². The lowest BCUT2D eigenvalue weighted by atomic mass is 9.66. The summed E-state index contributed by atoms with van der Waals surface area (Å²) < 4.78 is 18.3. The normalized spacial score (nSPS) is 24.8. The topological polar surface area (TPSA) is 176 Å². The Hall–Kier alpha value is -2.93. The lowest BCUT2D eigenvalue weighted by Crippen LogP contribution is -2.65. The minimum atomic E-state index is -1.10. The minimum absolute atomic E-state index is 0.0100. The van der Waals surface area contributed by atoms with Crippen LogP contribution in [-0.4, -0.2) is 96.9 Å². The molecule has 7 unspecified atom stereocenters. The van der Waals surface area contributed by atoms with Gasteiger partial charge in [-0.05, 0) is 121 Å². The molecule has 282 valence electrons. The van der Waals surface area contributed by atoms with Crippen LogP contribution < -0.4 is 20.7 Å². The van der Waals surface area contributed by atoms with Crippen molar-refractivity contribution in [2.24, 2.45) is 17.3 Å². The number of nitrogens with one attached hydrogen (secondary N) is 3. The van der Waals surface area contributed by atoms with Gasteiger partial charge in [0.25, 0.3) is 0 Å². The molecule has 50 heavy (non-hydrogen) atoms. The lowest BCUT2D eigenvalue weighted by molar-refractivity contribution is -0.179. The van der Waals surface area contributed by atoms with E-state index in [1.54, 1.807) is 20.0 Å². The van der Waals surface area contributed by atoms with Gasteiger partial charge in [0.05, 0.1) is 19.3 Å². The number of hydrogen-bond donors (Lipinski definition) is 6. The highest BCUT2D eigenvalue weighted by Crippen LogP contribution is 2.46. The molecule has 0 aromatic heterocycles. The molecule has 3 fully saturated rings. The van der Waals surface area contributed by atoms with Crippen molar-refractivity contribution in [1.82, 2.24) is 16.0 Å². The SMILES string of the molecule is CNCC(O)CCC(CCC(C)O)C(CC(OC(=O)C12CCCCC1CCC(=O)N2)C1(Cc2ccc(O)c(OC)c2)CCNCC1)OC(C)=O. The van der Waals surface area contributed by atoms with Crippen LogP contribution in [0.15, 0.2) is 18.2 Å². The van der Waals surface area contributed by atoms with Crippen LogP contribution in [-0.2, 0) is 30.3 Å². The van der Waals surface area contributed by atoms with Gasteiger partial charge in [-0.15, -0.1) is 0 Å². The third-order valence-electron chi connectivity index (χ3n) is 11.4. The molecule has 12 nitrogen and oxygen atoms in total. The second-order valence-corrected chi connectivity index (χ2v) is 15.0. The summed E-state index contributed by atoms with van der Waals surface area (Å²) in [5.74, 6) is -0.858. The van der Waals surface area contributed by atoms with Crippen molar-refractivity contribution in [1.29, 1.82) is 0 Å². The summed E-state index contributed by atoms with van der Waals surface area (Å²) in [4.78, 5) is 40.2. The average Bonchev–Trinajstić information content (AvgIpc) is 3.08. The van der Waals surface area contributed by atoms with E-state index in [9.17, 15) is 29.7 Å². The van der Waals surface area contributed by atoms with E-state index in [4.69, 9.17) is 14.2 Å². The molecule has 7 atom stereocenters. The Kier molecular flexibility index (Phi) is 14.8. The molecule has 1 aromatic rings. The fourth-order valence-electron chi connectivity index (χ4n) is 8.65. The molecule has 1 amide bonds. The van der Waals surface area contributed by atoms with Gasteiger partial charge in [0.2, 0.25) is 5.91 Å². The van der Waals surface area contributed by atoms with Crippen LogP contribution in [0.2, 0.25) is 0 Å². The van der Waals surface area contributed by atoms with Gasteiger partial charge >= 0.3 is 11.9 Å². The standard InChI is InChI=1S/C38H61N3O9/c1-25(42)8-10-28(11-13-30(44)24-39-3)32(49-26(2)43)22-34(50-36(47)38-16-6-5-7-29(38)12-15-35(46)41-38)37(17-19-40-20-18-37)23-27-9-14-31(45)33(21-27)48-4/h9,14,21,25,28-30,32,34,39-40,42,44-45H,5-8,10-13,15-20,22-24H2,1-4H3,(H,41,46). The van der Waals surface area contributed by atoms with E-state index in [0.29, 0.717) is 89.6 Å². The number of esters is 2. The van der Waals surface area contributed by atoms with Gasteiger partial charge in [0.1, 0.15) is 17.7 Å². The van der Waals surface area contributed by atoms with Gasteiger partial charge in [-0.2, -0.15) is 0 Å². The van der Waals surface area contributed by atoms with Crippen LogP contribution in [0.5, 0.6) is 11.5 Å². The maximum absolute atomic E-state index is 14.7. The molecule has 6 N–H and O–H groups in total. The number of methoxy groups -OCH3 is 1. The van der Waals surface area contributed by atoms with Crippen molar-refractivity contribution in [3.05, 3.63) is 23.8 Å². The number of carbonyl (C=O) groups excluding carboxylic acids is 3. The number of ether oxygens (including phenoxy) is 3. The number of carbonyl (C=O) groups is 3. The highest BCUT2D eigenvalue weighted by atomic mass is 16.6. The molecule has 4 rings (SSSR count). The Morgan fingerprint density at radius 3 is 2.46 bits per heavy atom. The van der Waals surface area contributed by atoms with E-state index in [1.165, 1.54) is 14.0 Å². The van der Waals surface area contributed by atoms with E-state index < -0.39 is 47.3 Å². The largest absolute Gasteiger partial charge is 0.504 e. The number of likely N-dealkylation sites (N-methyl/N-ethyl adjacent to an activating group) is 1. The van der Waals surface area contributed by atoms with Crippen molar-refractivity contribution in [3.8, 4) is 11.5 Å². The van der Waals surface area contributed by atoms with E-state index in [1.807, 2.05) is 12.1 Å². The number of phenols is 1. The molecule has 0 radical (unpaired) electrons. The van der Waals surface area contributed by atoms with Crippen molar-refractivity contribution in [2.75, 3.05) is 33.8 Å². The average molecular weight is 704 g/mol. The molecule has 2 heterocycles. The highest BCUT2D eigenvalue weighted by Gasteiger charge is 2.54. The molecule has 3 aliphatic rings. The summed E-state index contributed by atoms with van der Waals surface area (Å²) in [7, 11) is 3.29. The summed E-state index contributed by atoms with van der Waals surface area (Å²) in [5, 5.41) is 40.8. The zero-order valence-corrected chi connectivity index (χ0v) is 30.5. The zero-order chi connectivity index (χ0) is 36.3. The van der Waals surface area contributed by atoms with E-state index >= 15 is 0 Å². The van der Waals surface area contributed by atoms with Crippen LogP contribution in [0.25, 0.3) is 0 Å². The molecule has 1 aromatic carbocycles. The number of rotatable bonds is 18. The van der Waals surface area contributed by atoms with E-state index in [2.05, 4.69) is 16.0 Å². The van der Waals surface area contributed by atoms with Crippen LogP contribution in [0.1, 0.15) is 103 Å². The number of fused-ring (bicyclic) bond motifs is 1. The monoisotopic (exact) mass is 703 g/mol. The summed E-state index contributed by atoms with van der Waals surface area (Å²) in [6, 6.07) is 5.28. The minimum Gasteiger partial charge on any atom is -0.504 e. The van der Waals surface area contributed by atoms with Crippen molar-refractivity contribution in [3.63, 3.8) is 0 Å². The van der Waals surface area contributed by atoms with Gasteiger partial charge in [-0.1, -0.05) is 18.9 Å². The van der Waals surface area contributed by atoms with Crippen LogP contribution >= 0.6 is 0 Å². The Morgan fingerprint density at radius 1 is 1.04 bits per heavy atom. The van der Waals surface area contributed by atoms with Gasteiger partial charge < -0.3 is 45.5 Å². The Labute approximate surface area is 297 Å². The quantitative estimate of drug-likeness (QED) is 0.123. The zero-order valence-electron chi connectivity index (χ0n) is 30.5. The number of hydrogen-bond acceptors (Lipinski definition) is 11. The van der Waals surface area contributed by atoms with Gasteiger partial charge in [-0.25, -0.2) is 4.79 Å². The molecule has 2 aliphatic heterocycles. The number of aromatic hydroxyl groups is 1. The fourth-order valence-corrected chi connectivity index (χ4v) is 8.65. The molecule has 12 heteroatoms. The predicted molar refractivity (Wildman–Crippen MR) is 189 cm³/mol. The molecule has 0 bridgehead atoms. The molecular formula is C38H61N3O9. The van der Waals surface area contributed by atoms with Crippen LogP contribution in [0.4, 0.5) is 0 Å². The smallest absolute Gasteiger partial charge is 0.332 e. The first-order valence-corrected chi connectivity index (χ1v) is 18.7. The Bertz CT molecular complexity index is 1270. The lowest BCUT2D eigenvalue weighted by Gasteiger charge is -2.49. The van der Waals surface area contributed by atoms with Crippen molar-refractivity contribution >= 4 is 17.8 Å². The first-order valence-electron chi connectivity index (χ1n) is 18.7. The van der Waals surface area contributed by atoms with Gasteiger partial charge in [0.15, 0.2) is 11.5 Å². The number of aliphatic hydroxyl groups is 2. The summed E-state index contributed by atoms with van der Waals surface area (Å²) >= 11 is 0. The number of phenolic OH excluding ortho intramolecular Hbond substituents is 1. The molecule has 1 saturated carbocycles. The second kappa shape index (κ2) is 18.5. The first-order chi connectivity index (χ1) is 23.9. The van der Waals surface area contributed by atoms with E-state index in [0.717, 1.165) is 24.8 Å². The number of benzene rings is 1. The number of amides is 1. The summed E-state index contributed by atoms with van der Waals surface area (Å²) in [5.41, 5.74) is -0.768. The first kappa shape index (κ1) is 39.8. The van der Waals surface area contributed by atoms with Gasteiger partial charge in [-0.3, -0.25) is 9.59 Å². The Morgan fingerprint density at radius 2 is 1.78 bits per heavy atom. The van der Waals surface area contributed by atoms with Crippen LogP contribution in [0, 0.1) is 17.3 Å². The molecule has 2 saturated heterocycles. The second-order valence-electron chi connectivity index (χ2n) is 15.0. The molecular weight excluding hydrogens is 642 g/mol. The van der Waals surface area contributed by atoms with E-state index in [-0.39, 0.29) is 29.9 Å². The number of piperidine rings is 2. The van der Waals surface area contributed by atoms with Crippen molar-refractivity contribution < 1.29 is 43.9 Å². The molecule has 1 aliphatic carbocycles. The predicted octanol–water partition coefficient (Wildman–Crippen LogP) is 3.52. The number of aliphatic hydroxyl groups excluding tert-OH is 2. The Balaban J connectivity index is 1.77. The molecule has 0 spiro atoms.